The first-order valence-electron chi connectivity index (χ1n) is 4.53. The maximum absolute atomic E-state index is 11.4. The molecule has 4 heteroatoms. The number of methoxy groups -OCH3 is 1. The van der Waals surface area contributed by atoms with Crippen LogP contribution in [0.15, 0.2) is 29.8 Å². The number of carbonyl (C=O) groups excluding carboxylic acids is 1. The van der Waals surface area contributed by atoms with Crippen LogP contribution in [0.4, 0.5) is 0 Å². The molecule has 1 aromatic rings. The van der Waals surface area contributed by atoms with E-state index in [1.54, 1.807) is 18.2 Å². The van der Waals surface area contributed by atoms with Gasteiger partial charge in [0.15, 0.2) is 0 Å². The summed E-state index contributed by atoms with van der Waals surface area (Å²) in [4.78, 5) is 11.4. The Morgan fingerprint density at radius 3 is 2.81 bits per heavy atom. The lowest BCUT2D eigenvalue weighted by Crippen LogP contribution is -2.06. The summed E-state index contributed by atoms with van der Waals surface area (Å²) in [5, 5.41) is 9.16. The summed E-state index contributed by atoms with van der Waals surface area (Å²) in [7, 11) is 1.31. The van der Waals surface area contributed by atoms with E-state index in [9.17, 15) is 4.79 Å². The summed E-state index contributed by atoms with van der Waals surface area (Å²) < 4.78 is 4.64. The molecule has 0 heterocycles. The number of nitrogens with zero attached hydrogens (tertiary/aromatic N) is 1. The molecule has 82 valence electrons. The van der Waals surface area contributed by atoms with Crippen molar-refractivity contribution in [2.45, 2.75) is 6.42 Å². The molecule has 0 saturated heterocycles. The average Bonchev–Trinajstić information content (AvgIpc) is 2.27. The van der Waals surface area contributed by atoms with E-state index in [-0.39, 0.29) is 0 Å². The highest BCUT2D eigenvalue weighted by Crippen LogP contribution is 2.17. The monoisotopic (exact) mass is 235 g/mol. The van der Waals surface area contributed by atoms with Crippen LogP contribution in [0, 0.1) is 11.3 Å². The molecule has 0 N–H and O–H groups in total. The number of esters is 1. The largest absolute Gasteiger partial charge is 0.465 e. The summed E-state index contributed by atoms with van der Waals surface area (Å²) in [6, 6.07) is 6.73. The molecule has 1 aromatic carbocycles. The predicted molar refractivity (Wildman–Crippen MR) is 61.2 cm³/mol. The molecule has 0 bridgehead atoms. The smallest absolute Gasteiger partial charge is 0.338 e. The fourth-order valence-electron chi connectivity index (χ4n) is 1.33. The van der Waals surface area contributed by atoms with E-state index in [0.717, 1.165) is 0 Å². The molecule has 0 fully saturated rings. The van der Waals surface area contributed by atoms with Gasteiger partial charge in [0.05, 0.1) is 24.3 Å². The van der Waals surface area contributed by atoms with Gasteiger partial charge in [0.1, 0.15) is 0 Å². The van der Waals surface area contributed by atoms with Crippen molar-refractivity contribution in [3.05, 3.63) is 46.5 Å². The van der Waals surface area contributed by atoms with Crippen LogP contribution in [-0.2, 0) is 11.2 Å². The van der Waals surface area contributed by atoms with Crippen LogP contribution in [0.5, 0.6) is 0 Å². The molecular weight excluding hydrogens is 226 g/mol. The number of carbonyl (C=O) groups is 1. The van der Waals surface area contributed by atoms with Crippen LogP contribution >= 0.6 is 11.6 Å². The third-order valence-corrected chi connectivity index (χ3v) is 2.16. The summed E-state index contributed by atoms with van der Waals surface area (Å²) in [5.41, 5.74) is 1.52. The van der Waals surface area contributed by atoms with Gasteiger partial charge in [0, 0.05) is 11.5 Å². The minimum atomic E-state index is -0.447. The van der Waals surface area contributed by atoms with Gasteiger partial charge in [-0.2, -0.15) is 5.26 Å². The van der Waals surface area contributed by atoms with Crippen LogP contribution in [0.25, 0.3) is 0 Å². The summed E-state index contributed by atoms with van der Waals surface area (Å²) in [5.74, 6) is -0.447. The first-order chi connectivity index (χ1) is 7.58. The maximum atomic E-state index is 11.4. The van der Waals surface area contributed by atoms with E-state index in [2.05, 4.69) is 11.3 Å². The molecule has 3 nitrogen and oxygen atoms in total. The van der Waals surface area contributed by atoms with Crippen molar-refractivity contribution >= 4 is 17.6 Å². The highest BCUT2D eigenvalue weighted by molar-refractivity contribution is 6.29. The summed E-state index contributed by atoms with van der Waals surface area (Å²) in [6.45, 7) is 3.56. The molecule has 16 heavy (non-hydrogen) atoms. The zero-order valence-electron chi connectivity index (χ0n) is 8.79. The number of rotatable bonds is 3. The Morgan fingerprint density at radius 2 is 2.31 bits per heavy atom. The quantitative estimate of drug-likeness (QED) is 0.757. The zero-order chi connectivity index (χ0) is 12.1. The Kier molecular flexibility index (Phi) is 4.10. The van der Waals surface area contributed by atoms with E-state index < -0.39 is 5.97 Å². The Hall–Kier alpha value is -1.79. The predicted octanol–water partition coefficient (Wildman–Crippen LogP) is 2.64. The van der Waals surface area contributed by atoms with Gasteiger partial charge in [-0.05, 0) is 23.8 Å². The second-order valence-electron chi connectivity index (χ2n) is 3.17. The molecule has 0 saturated carbocycles. The third-order valence-electron chi connectivity index (χ3n) is 2.02. The Balaban J connectivity index is 3.22. The van der Waals surface area contributed by atoms with Gasteiger partial charge < -0.3 is 4.74 Å². The van der Waals surface area contributed by atoms with Crippen LogP contribution in [0.1, 0.15) is 21.5 Å². The normalized spacial score (nSPS) is 9.31. The van der Waals surface area contributed by atoms with Gasteiger partial charge in [0.25, 0.3) is 0 Å². The zero-order valence-corrected chi connectivity index (χ0v) is 9.54. The second-order valence-corrected chi connectivity index (χ2v) is 3.70. The van der Waals surface area contributed by atoms with E-state index in [1.165, 1.54) is 7.11 Å². The van der Waals surface area contributed by atoms with Crippen molar-refractivity contribution in [1.29, 1.82) is 5.26 Å². The van der Waals surface area contributed by atoms with Crippen molar-refractivity contribution in [3.8, 4) is 6.07 Å². The van der Waals surface area contributed by atoms with E-state index in [0.29, 0.717) is 28.1 Å². The van der Waals surface area contributed by atoms with Gasteiger partial charge in [-0.3, -0.25) is 0 Å². The Morgan fingerprint density at radius 1 is 1.62 bits per heavy atom. The lowest BCUT2D eigenvalue weighted by atomic mass is 10.0. The van der Waals surface area contributed by atoms with Crippen LogP contribution in [0.2, 0.25) is 0 Å². The van der Waals surface area contributed by atoms with Crippen molar-refractivity contribution in [3.63, 3.8) is 0 Å². The van der Waals surface area contributed by atoms with Gasteiger partial charge in [0.2, 0.25) is 0 Å². The third kappa shape index (κ3) is 2.85. The van der Waals surface area contributed by atoms with E-state index >= 15 is 0 Å². The van der Waals surface area contributed by atoms with Crippen molar-refractivity contribution < 1.29 is 9.53 Å². The summed E-state index contributed by atoms with van der Waals surface area (Å²) in [6.07, 6.45) is 0.335. The van der Waals surface area contributed by atoms with Gasteiger partial charge in [-0.25, -0.2) is 4.79 Å². The van der Waals surface area contributed by atoms with Gasteiger partial charge in [-0.15, -0.1) is 0 Å². The first-order valence-corrected chi connectivity index (χ1v) is 4.91. The molecule has 0 aliphatic carbocycles. The molecule has 0 aliphatic rings. The molecule has 0 aromatic heterocycles. The molecule has 1 rings (SSSR count). The molecule has 0 unspecified atom stereocenters. The molecule has 0 aliphatic heterocycles. The van der Waals surface area contributed by atoms with Gasteiger partial charge >= 0.3 is 5.97 Å². The number of ether oxygens (including phenoxy) is 1. The lowest BCUT2D eigenvalue weighted by molar-refractivity contribution is 0.0599. The standard InChI is InChI=1S/C12H10ClNO2/c1-8(13)5-10-6-9(7-14)3-4-11(10)12(15)16-2/h3-4,6H,1,5H2,2H3. The highest BCUT2D eigenvalue weighted by Gasteiger charge is 2.12. The van der Waals surface area contributed by atoms with E-state index in [1.807, 2.05) is 6.07 Å². The fourth-order valence-corrected chi connectivity index (χ4v) is 1.47. The van der Waals surface area contributed by atoms with Crippen molar-refractivity contribution in [2.75, 3.05) is 7.11 Å². The first kappa shape index (κ1) is 12.3. The molecule has 0 spiro atoms. The number of allylic oxidation sites excluding steroid dienone is 1. The number of nitriles is 1. The van der Waals surface area contributed by atoms with Crippen LogP contribution in [0.3, 0.4) is 0 Å². The van der Waals surface area contributed by atoms with E-state index in [4.69, 9.17) is 16.9 Å². The number of hydrogen-bond donors (Lipinski definition) is 0. The minimum absolute atomic E-state index is 0.335. The number of halogens is 1. The lowest BCUT2D eigenvalue weighted by Gasteiger charge is -2.07. The SMILES string of the molecule is C=C(Cl)Cc1cc(C#N)ccc1C(=O)OC. The Labute approximate surface area is 98.9 Å². The molecule has 0 atom stereocenters. The number of benzene rings is 1. The molecule has 0 radical (unpaired) electrons. The fraction of sp³-hybridized carbons (Fsp3) is 0.167. The van der Waals surface area contributed by atoms with Gasteiger partial charge in [-0.1, -0.05) is 18.2 Å². The maximum Gasteiger partial charge on any atom is 0.338 e. The molecule has 0 amide bonds. The molecular formula is C12H10ClNO2. The topological polar surface area (TPSA) is 50.1 Å². The van der Waals surface area contributed by atoms with Crippen LogP contribution < -0.4 is 0 Å². The average molecular weight is 236 g/mol. The van der Waals surface area contributed by atoms with Crippen molar-refractivity contribution in [2.24, 2.45) is 0 Å². The van der Waals surface area contributed by atoms with Crippen LogP contribution in [-0.4, -0.2) is 13.1 Å². The Bertz CT molecular complexity index is 474. The highest BCUT2D eigenvalue weighted by atomic mass is 35.5. The number of hydrogen-bond acceptors (Lipinski definition) is 3. The summed E-state index contributed by atoms with van der Waals surface area (Å²) >= 11 is 5.70. The van der Waals surface area contributed by atoms with Crippen molar-refractivity contribution in [1.82, 2.24) is 0 Å². The minimum Gasteiger partial charge on any atom is -0.465 e. The second kappa shape index (κ2) is 5.34.